The first-order chi connectivity index (χ1) is 9.14. The molecular weight excluding hydrogens is 258 g/mol. The number of hydrogen-bond donors (Lipinski definition) is 0. The molecule has 1 aromatic rings. The molecule has 4 heteroatoms. The van der Waals surface area contributed by atoms with E-state index in [1.807, 2.05) is 6.07 Å². The Kier molecular flexibility index (Phi) is 4.99. The quantitative estimate of drug-likeness (QED) is 0.831. The maximum atomic E-state index is 12.5. The molecule has 1 saturated carbocycles. The van der Waals surface area contributed by atoms with Crippen molar-refractivity contribution in [1.82, 2.24) is 4.31 Å². The van der Waals surface area contributed by atoms with E-state index in [4.69, 9.17) is 0 Å². The number of nitrogens with zero attached hydrogens (tertiary/aromatic N) is 1. The molecule has 0 spiro atoms. The van der Waals surface area contributed by atoms with E-state index in [1.165, 1.54) is 23.6 Å². The van der Waals surface area contributed by atoms with Crippen molar-refractivity contribution in [2.75, 3.05) is 13.1 Å². The van der Waals surface area contributed by atoms with Crippen LogP contribution in [0.1, 0.15) is 32.1 Å². The minimum atomic E-state index is -3.38. The SMILES string of the molecule is [CH2]CN(CC1CCCCC1)S(=O)(=O)c1ccccc1. The van der Waals surface area contributed by atoms with Crippen molar-refractivity contribution >= 4 is 10.0 Å². The summed E-state index contributed by atoms with van der Waals surface area (Å²) in [7, 11) is -3.38. The van der Waals surface area contributed by atoms with Gasteiger partial charge in [0.15, 0.2) is 0 Å². The lowest BCUT2D eigenvalue weighted by atomic mass is 9.89. The summed E-state index contributed by atoms with van der Waals surface area (Å²) < 4.78 is 26.6. The number of rotatable bonds is 5. The van der Waals surface area contributed by atoms with E-state index in [0.29, 0.717) is 23.9 Å². The highest BCUT2D eigenvalue weighted by Gasteiger charge is 2.26. The van der Waals surface area contributed by atoms with Crippen LogP contribution in [0.5, 0.6) is 0 Å². The van der Waals surface area contributed by atoms with E-state index in [0.717, 1.165) is 12.8 Å². The van der Waals surface area contributed by atoms with Gasteiger partial charge in [0, 0.05) is 13.1 Å². The highest BCUT2D eigenvalue weighted by Crippen LogP contribution is 2.26. The summed E-state index contributed by atoms with van der Waals surface area (Å²) in [6.45, 7) is 4.70. The lowest BCUT2D eigenvalue weighted by Crippen LogP contribution is -2.36. The Labute approximate surface area is 116 Å². The molecule has 0 unspecified atom stereocenters. The molecule has 0 saturated heterocycles. The first-order valence-corrected chi connectivity index (χ1v) is 8.43. The molecule has 3 nitrogen and oxygen atoms in total. The lowest BCUT2D eigenvalue weighted by Gasteiger charge is -2.28. The molecule has 1 fully saturated rings. The molecule has 105 valence electrons. The van der Waals surface area contributed by atoms with Crippen molar-refractivity contribution in [1.29, 1.82) is 0 Å². The van der Waals surface area contributed by atoms with Gasteiger partial charge >= 0.3 is 0 Å². The zero-order chi connectivity index (χ0) is 13.7. The Morgan fingerprint density at radius 2 is 1.74 bits per heavy atom. The van der Waals surface area contributed by atoms with Crippen molar-refractivity contribution in [3.63, 3.8) is 0 Å². The topological polar surface area (TPSA) is 37.4 Å². The Balaban J connectivity index is 2.12. The van der Waals surface area contributed by atoms with Gasteiger partial charge in [-0.05, 0) is 37.8 Å². The van der Waals surface area contributed by atoms with Crippen molar-refractivity contribution in [2.24, 2.45) is 5.92 Å². The smallest absolute Gasteiger partial charge is 0.207 e. The summed E-state index contributed by atoms with van der Waals surface area (Å²) in [6, 6.07) is 8.65. The van der Waals surface area contributed by atoms with Crippen LogP contribution in [-0.2, 0) is 10.0 Å². The second kappa shape index (κ2) is 6.53. The molecule has 1 aliphatic rings. The van der Waals surface area contributed by atoms with Gasteiger partial charge in [-0.25, -0.2) is 8.42 Å². The second-order valence-corrected chi connectivity index (χ2v) is 7.12. The van der Waals surface area contributed by atoms with Crippen LogP contribution in [0.15, 0.2) is 35.2 Å². The molecule has 1 aliphatic carbocycles. The van der Waals surface area contributed by atoms with Crippen LogP contribution in [-0.4, -0.2) is 25.8 Å². The largest absolute Gasteiger partial charge is 0.243 e. The minimum Gasteiger partial charge on any atom is -0.207 e. The number of hydrogen-bond acceptors (Lipinski definition) is 2. The predicted octanol–water partition coefficient (Wildman–Crippen LogP) is 3.09. The summed E-state index contributed by atoms with van der Waals surface area (Å²) in [4.78, 5) is 0.370. The lowest BCUT2D eigenvalue weighted by molar-refractivity contribution is 0.289. The normalized spacial score (nSPS) is 17.8. The van der Waals surface area contributed by atoms with Crippen molar-refractivity contribution < 1.29 is 8.42 Å². The maximum absolute atomic E-state index is 12.5. The Morgan fingerprint density at radius 1 is 1.11 bits per heavy atom. The van der Waals surface area contributed by atoms with Gasteiger partial charge in [0.05, 0.1) is 4.90 Å². The third-order valence-electron chi connectivity index (χ3n) is 3.82. The molecule has 0 atom stereocenters. The van der Waals surface area contributed by atoms with E-state index < -0.39 is 10.0 Å². The predicted molar refractivity (Wildman–Crippen MR) is 77.1 cm³/mol. The van der Waals surface area contributed by atoms with Crippen LogP contribution in [0.3, 0.4) is 0 Å². The summed E-state index contributed by atoms with van der Waals surface area (Å²) in [5, 5.41) is 0. The zero-order valence-electron chi connectivity index (χ0n) is 11.3. The molecule has 0 aromatic heterocycles. The fraction of sp³-hybridized carbons (Fsp3) is 0.533. The molecule has 0 bridgehead atoms. The first kappa shape index (κ1) is 14.5. The van der Waals surface area contributed by atoms with Gasteiger partial charge in [-0.2, -0.15) is 4.31 Å². The monoisotopic (exact) mass is 280 g/mol. The molecule has 1 radical (unpaired) electrons. The van der Waals surface area contributed by atoms with Crippen LogP contribution >= 0.6 is 0 Å². The molecule has 2 rings (SSSR count). The van der Waals surface area contributed by atoms with Gasteiger partial charge in [-0.3, -0.25) is 0 Å². The standard InChI is InChI=1S/C15H22NO2S/c1-2-16(13-14-9-5-3-6-10-14)19(17,18)15-11-7-4-8-12-15/h4,7-8,11-12,14H,1-3,5-6,9-10,13H2. The zero-order valence-corrected chi connectivity index (χ0v) is 12.1. The average Bonchev–Trinajstić information content (AvgIpc) is 2.46. The highest BCUT2D eigenvalue weighted by molar-refractivity contribution is 7.89. The Morgan fingerprint density at radius 3 is 2.32 bits per heavy atom. The van der Waals surface area contributed by atoms with E-state index >= 15 is 0 Å². The van der Waals surface area contributed by atoms with Gasteiger partial charge < -0.3 is 0 Å². The van der Waals surface area contributed by atoms with Gasteiger partial charge in [0.1, 0.15) is 0 Å². The van der Waals surface area contributed by atoms with E-state index in [1.54, 1.807) is 24.3 Å². The van der Waals surface area contributed by atoms with Gasteiger partial charge in [-0.15, -0.1) is 0 Å². The van der Waals surface area contributed by atoms with Crippen molar-refractivity contribution in [3.8, 4) is 0 Å². The summed E-state index contributed by atoms with van der Waals surface area (Å²) in [5.41, 5.74) is 0. The third kappa shape index (κ3) is 3.57. The fourth-order valence-electron chi connectivity index (χ4n) is 2.71. The Hall–Kier alpha value is -0.870. The molecular formula is C15H22NO2S. The van der Waals surface area contributed by atoms with E-state index in [2.05, 4.69) is 6.92 Å². The van der Waals surface area contributed by atoms with Crippen LogP contribution < -0.4 is 0 Å². The third-order valence-corrected chi connectivity index (χ3v) is 5.70. The molecule has 0 heterocycles. The van der Waals surface area contributed by atoms with Crippen LogP contribution in [0.4, 0.5) is 0 Å². The fourth-order valence-corrected chi connectivity index (χ4v) is 4.16. The highest BCUT2D eigenvalue weighted by atomic mass is 32.2. The van der Waals surface area contributed by atoms with Crippen molar-refractivity contribution in [3.05, 3.63) is 37.3 Å². The molecule has 1 aromatic carbocycles. The molecule has 0 amide bonds. The van der Waals surface area contributed by atoms with Crippen LogP contribution in [0.2, 0.25) is 0 Å². The van der Waals surface area contributed by atoms with E-state index in [-0.39, 0.29) is 0 Å². The minimum absolute atomic E-state index is 0.299. The van der Waals surface area contributed by atoms with Crippen molar-refractivity contribution in [2.45, 2.75) is 37.0 Å². The van der Waals surface area contributed by atoms with Crippen LogP contribution in [0, 0.1) is 12.8 Å². The summed E-state index contributed by atoms with van der Waals surface area (Å²) in [6.07, 6.45) is 6.01. The Bertz CT molecular complexity index is 478. The molecule has 19 heavy (non-hydrogen) atoms. The maximum Gasteiger partial charge on any atom is 0.243 e. The van der Waals surface area contributed by atoms with Crippen LogP contribution in [0.25, 0.3) is 0 Å². The summed E-state index contributed by atoms with van der Waals surface area (Å²) >= 11 is 0. The summed E-state index contributed by atoms with van der Waals surface area (Å²) in [5.74, 6) is 0.494. The molecule has 0 N–H and O–H groups in total. The second-order valence-electron chi connectivity index (χ2n) is 5.18. The first-order valence-electron chi connectivity index (χ1n) is 6.99. The van der Waals surface area contributed by atoms with Gasteiger partial charge in [-0.1, -0.05) is 37.5 Å². The number of sulfonamides is 1. The number of benzene rings is 1. The van der Waals surface area contributed by atoms with E-state index in [9.17, 15) is 8.42 Å². The average molecular weight is 280 g/mol. The molecule has 0 aliphatic heterocycles. The van der Waals surface area contributed by atoms with Gasteiger partial charge in [0.2, 0.25) is 10.0 Å². The van der Waals surface area contributed by atoms with Gasteiger partial charge in [0.25, 0.3) is 0 Å².